The number of pyridine rings is 1. The molecule has 2 heterocycles. The number of halogens is 2. The Labute approximate surface area is 207 Å². The molecule has 7 heteroatoms. The largest absolute Gasteiger partial charge is 0.492 e. The molecule has 1 aromatic heterocycles. The molecule has 3 aromatic carbocycles. The molecule has 0 atom stereocenters. The first-order valence-electron chi connectivity index (χ1n) is 11.4. The smallest absolute Gasteiger partial charge is 0.307 e. The highest BCUT2D eigenvalue weighted by molar-refractivity contribution is 6.31. The summed E-state index contributed by atoms with van der Waals surface area (Å²) in [5.74, 6) is -0.364. The molecule has 35 heavy (non-hydrogen) atoms. The third-order valence-electron chi connectivity index (χ3n) is 6.19. The van der Waals surface area contributed by atoms with Crippen LogP contribution in [0.1, 0.15) is 37.5 Å². The van der Waals surface area contributed by atoms with Crippen molar-refractivity contribution in [3.8, 4) is 22.6 Å². The van der Waals surface area contributed by atoms with E-state index in [0.717, 1.165) is 17.4 Å². The van der Waals surface area contributed by atoms with E-state index in [9.17, 15) is 9.90 Å². The summed E-state index contributed by atoms with van der Waals surface area (Å²) >= 11 is 6.12. The lowest BCUT2D eigenvalue weighted by Crippen LogP contribution is -2.24. The zero-order chi connectivity index (χ0) is 25.1. The molecule has 1 aliphatic heterocycles. The van der Waals surface area contributed by atoms with Crippen LogP contribution in [0.5, 0.6) is 11.5 Å². The van der Waals surface area contributed by atoms with E-state index in [1.165, 1.54) is 6.07 Å². The van der Waals surface area contributed by atoms with Gasteiger partial charge in [-0.15, -0.1) is 0 Å². The number of hydrogen-bond acceptors (Lipinski definition) is 4. The van der Waals surface area contributed by atoms with Gasteiger partial charge in [0.2, 0.25) is 0 Å². The Hall–Kier alpha value is -3.38. The molecular weight excluding hydrogens is 469 g/mol. The number of aliphatic carboxylic acids is 1. The lowest BCUT2D eigenvalue weighted by Gasteiger charge is -2.28. The molecule has 0 fully saturated rings. The SMILES string of the molecule is Cc1cc2c(F)c(Cl)ccc2c(-c2c(OC(C)(C)C)cc3c4c(ccnc24)CCO3)c1CC(=O)O. The van der Waals surface area contributed by atoms with E-state index in [0.29, 0.717) is 56.6 Å². The van der Waals surface area contributed by atoms with Crippen molar-refractivity contribution < 1.29 is 23.8 Å². The molecule has 0 bridgehead atoms. The topological polar surface area (TPSA) is 68.7 Å². The fourth-order valence-electron chi connectivity index (χ4n) is 4.84. The van der Waals surface area contributed by atoms with Crippen molar-refractivity contribution in [1.82, 2.24) is 4.98 Å². The van der Waals surface area contributed by atoms with Crippen LogP contribution in [0, 0.1) is 12.7 Å². The van der Waals surface area contributed by atoms with Crippen LogP contribution >= 0.6 is 11.6 Å². The number of aryl methyl sites for hydroxylation is 1. The van der Waals surface area contributed by atoms with Crippen molar-refractivity contribution in [1.29, 1.82) is 0 Å². The summed E-state index contributed by atoms with van der Waals surface area (Å²) in [5, 5.41) is 11.5. The summed E-state index contributed by atoms with van der Waals surface area (Å²) in [4.78, 5) is 16.7. The van der Waals surface area contributed by atoms with Gasteiger partial charge < -0.3 is 14.6 Å². The third-order valence-corrected chi connectivity index (χ3v) is 6.48. The molecule has 5 nitrogen and oxygen atoms in total. The van der Waals surface area contributed by atoms with Crippen LogP contribution < -0.4 is 9.47 Å². The van der Waals surface area contributed by atoms with Gasteiger partial charge in [-0.1, -0.05) is 17.7 Å². The van der Waals surface area contributed by atoms with Crippen LogP contribution in [-0.2, 0) is 17.6 Å². The van der Waals surface area contributed by atoms with E-state index >= 15 is 4.39 Å². The molecule has 0 saturated carbocycles. The van der Waals surface area contributed by atoms with Crippen molar-refractivity contribution in [2.45, 2.75) is 46.1 Å². The zero-order valence-electron chi connectivity index (χ0n) is 20.0. The zero-order valence-corrected chi connectivity index (χ0v) is 20.7. The predicted molar refractivity (Wildman–Crippen MR) is 135 cm³/mol. The average molecular weight is 494 g/mol. The van der Waals surface area contributed by atoms with Crippen molar-refractivity contribution in [2.75, 3.05) is 6.61 Å². The predicted octanol–water partition coefficient (Wildman–Crippen LogP) is 6.90. The maximum absolute atomic E-state index is 15.2. The van der Waals surface area contributed by atoms with Crippen LogP contribution in [0.2, 0.25) is 5.02 Å². The van der Waals surface area contributed by atoms with Crippen LogP contribution in [0.3, 0.4) is 0 Å². The van der Waals surface area contributed by atoms with E-state index < -0.39 is 17.4 Å². The van der Waals surface area contributed by atoms with Gasteiger partial charge in [0.15, 0.2) is 0 Å². The van der Waals surface area contributed by atoms with E-state index in [2.05, 4.69) is 0 Å². The van der Waals surface area contributed by atoms with Crippen molar-refractivity contribution in [3.63, 3.8) is 0 Å². The first-order valence-corrected chi connectivity index (χ1v) is 11.8. The number of hydrogen-bond donors (Lipinski definition) is 1. The molecule has 180 valence electrons. The highest BCUT2D eigenvalue weighted by atomic mass is 35.5. The Morgan fingerprint density at radius 2 is 1.97 bits per heavy atom. The summed E-state index contributed by atoms with van der Waals surface area (Å²) in [5.41, 5.74) is 3.58. The van der Waals surface area contributed by atoms with Gasteiger partial charge in [-0.3, -0.25) is 9.78 Å². The minimum absolute atomic E-state index is 0.00317. The van der Waals surface area contributed by atoms with Gasteiger partial charge in [-0.25, -0.2) is 4.39 Å². The maximum atomic E-state index is 15.2. The molecule has 1 aliphatic rings. The Balaban J connectivity index is 2.01. The molecule has 0 unspecified atom stereocenters. The Bertz CT molecular complexity index is 1520. The molecule has 0 radical (unpaired) electrons. The van der Waals surface area contributed by atoms with Gasteiger partial charge in [-0.05, 0) is 73.5 Å². The van der Waals surface area contributed by atoms with E-state index in [1.54, 1.807) is 25.3 Å². The van der Waals surface area contributed by atoms with Crippen molar-refractivity contribution in [3.05, 3.63) is 64.1 Å². The van der Waals surface area contributed by atoms with Gasteiger partial charge in [0, 0.05) is 29.5 Å². The number of carboxylic acid groups (broad SMARTS) is 1. The summed E-state index contributed by atoms with van der Waals surface area (Å²) < 4.78 is 27.6. The van der Waals surface area contributed by atoms with Gasteiger partial charge in [-0.2, -0.15) is 0 Å². The maximum Gasteiger partial charge on any atom is 0.307 e. The van der Waals surface area contributed by atoms with Crippen LogP contribution in [-0.4, -0.2) is 28.3 Å². The molecule has 4 aromatic rings. The monoisotopic (exact) mass is 493 g/mol. The summed E-state index contributed by atoms with van der Waals surface area (Å²) in [6.45, 7) is 8.13. The molecular formula is C28H25ClFNO4. The average Bonchev–Trinajstić information content (AvgIpc) is 2.77. The first-order chi connectivity index (χ1) is 16.5. The Morgan fingerprint density at radius 1 is 1.20 bits per heavy atom. The second kappa shape index (κ2) is 8.38. The number of fused-ring (bicyclic) bond motifs is 1. The molecule has 5 rings (SSSR count). The van der Waals surface area contributed by atoms with E-state index in [1.807, 2.05) is 32.9 Å². The van der Waals surface area contributed by atoms with Crippen molar-refractivity contribution in [2.24, 2.45) is 0 Å². The van der Waals surface area contributed by atoms with Gasteiger partial charge in [0.25, 0.3) is 0 Å². The number of rotatable bonds is 4. The van der Waals surface area contributed by atoms with Crippen molar-refractivity contribution >= 4 is 39.2 Å². The second-order valence-electron chi connectivity index (χ2n) is 9.83. The lowest BCUT2D eigenvalue weighted by atomic mass is 9.86. The summed E-state index contributed by atoms with van der Waals surface area (Å²) in [7, 11) is 0. The quantitative estimate of drug-likeness (QED) is 0.335. The molecule has 0 spiro atoms. The number of carboxylic acids is 1. The highest BCUT2D eigenvalue weighted by Gasteiger charge is 2.28. The van der Waals surface area contributed by atoms with E-state index in [-0.39, 0.29) is 11.4 Å². The molecule has 0 aliphatic carbocycles. The van der Waals surface area contributed by atoms with Gasteiger partial charge >= 0.3 is 5.97 Å². The standard InChI is InChI=1S/C28H25ClFNO4/c1-14-11-18-16(5-6-19(29)26(18)30)24(17(14)12-22(32)33)25-21(35-28(2,3)4)13-20-23-15(8-10-34-20)7-9-31-27(23)25/h5-7,9,11,13H,8,10,12H2,1-4H3,(H,32,33). The molecule has 0 saturated heterocycles. The lowest BCUT2D eigenvalue weighted by molar-refractivity contribution is -0.136. The normalized spacial score (nSPS) is 13.2. The third kappa shape index (κ3) is 4.06. The minimum Gasteiger partial charge on any atom is -0.492 e. The molecule has 1 N–H and O–H groups in total. The second-order valence-corrected chi connectivity index (χ2v) is 10.2. The summed E-state index contributed by atoms with van der Waals surface area (Å²) in [6, 6.07) is 8.69. The van der Waals surface area contributed by atoms with Crippen LogP contribution in [0.25, 0.3) is 32.8 Å². The number of aromatic nitrogens is 1. The molecule has 0 amide bonds. The van der Waals surface area contributed by atoms with Gasteiger partial charge in [0.1, 0.15) is 22.9 Å². The minimum atomic E-state index is -0.986. The summed E-state index contributed by atoms with van der Waals surface area (Å²) in [6.07, 6.45) is 2.23. The Kier molecular flexibility index (Phi) is 5.59. The number of ether oxygens (including phenoxy) is 2. The van der Waals surface area contributed by atoms with Gasteiger partial charge in [0.05, 0.1) is 29.1 Å². The fraction of sp³-hybridized carbons (Fsp3) is 0.286. The first kappa shape index (κ1) is 23.4. The number of nitrogens with zero attached hydrogens (tertiary/aromatic N) is 1. The highest BCUT2D eigenvalue weighted by Crippen LogP contribution is 2.49. The van der Waals surface area contributed by atoms with Crippen LogP contribution in [0.4, 0.5) is 4.39 Å². The fourth-order valence-corrected chi connectivity index (χ4v) is 5.01. The Morgan fingerprint density at radius 3 is 2.69 bits per heavy atom. The number of benzene rings is 3. The van der Waals surface area contributed by atoms with E-state index in [4.69, 9.17) is 26.1 Å². The van der Waals surface area contributed by atoms with Crippen LogP contribution in [0.15, 0.2) is 36.5 Å². The number of carbonyl (C=O) groups is 1.